The predicted molar refractivity (Wildman–Crippen MR) is 128 cm³/mol. The van der Waals surface area contributed by atoms with Crippen LogP contribution in [-0.2, 0) is 4.79 Å². The van der Waals surface area contributed by atoms with Gasteiger partial charge in [0, 0.05) is 30.2 Å². The molecule has 0 aliphatic carbocycles. The Kier molecular flexibility index (Phi) is 8.94. The Balaban J connectivity index is 1.44. The molecule has 2 saturated heterocycles. The van der Waals surface area contributed by atoms with Gasteiger partial charge in [-0.1, -0.05) is 49.0 Å². The third-order valence-electron chi connectivity index (χ3n) is 6.83. The van der Waals surface area contributed by atoms with Crippen molar-refractivity contribution in [2.24, 2.45) is 5.92 Å². The minimum absolute atomic E-state index is 0.0458. The Morgan fingerprint density at radius 1 is 1.10 bits per heavy atom. The molecule has 2 aliphatic heterocycles. The van der Waals surface area contributed by atoms with Crippen LogP contribution in [0.25, 0.3) is 0 Å². The van der Waals surface area contributed by atoms with Crippen LogP contribution in [0.2, 0.25) is 5.02 Å². The number of benzene rings is 1. The van der Waals surface area contributed by atoms with Gasteiger partial charge in [0.05, 0.1) is 6.61 Å². The van der Waals surface area contributed by atoms with E-state index in [-0.39, 0.29) is 18.6 Å². The first-order valence-corrected chi connectivity index (χ1v) is 11.8. The number of allylic oxidation sites excluding steroid dienone is 3. The number of aliphatic hydroxyl groups is 1. The highest BCUT2D eigenvalue weighted by Gasteiger charge is 2.29. The molecule has 1 N–H and O–H groups in total. The lowest BCUT2D eigenvalue weighted by Crippen LogP contribution is -2.45. The van der Waals surface area contributed by atoms with E-state index < -0.39 is 0 Å². The van der Waals surface area contributed by atoms with Crippen LogP contribution in [0.5, 0.6) is 0 Å². The number of aliphatic hydroxyl groups excluding tert-OH is 1. The molecule has 2 fully saturated rings. The summed E-state index contributed by atoms with van der Waals surface area (Å²) < 4.78 is 0. The molecule has 0 saturated carbocycles. The fourth-order valence-corrected chi connectivity index (χ4v) is 4.92. The number of hydrogen-bond donors (Lipinski definition) is 1. The van der Waals surface area contributed by atoms with Gasteiger partial charge >= 0.3 is 0 Å². The van der Waals surface area contributed by atoms with Crippen LogP contribution in [0.1, 0.15) is 43.6 Å². The van der Waals surface area contributed by atoms with Crippen molar-refractivity contribution in [3.8, 4) is 0 Å². The first kappa shape index (κ1) is 23.8. The number of piperidine rings is 2. The first-order chi connectivity index (χ1) is 15.0. The number of carbonyl (C=O) groups is 1. The van der Waals surface area contributed by atoms with Crippen LogP contribution >= 0.6 is 11.6 Å². The number of rotatable bonds is 8. The summed E-state index contributed by atoms with van der Waals surface area (Å²) in [6, 6.07) is 8.45. The molecule has 1 aromatic rings. The maximum Gasteiger partial charge on any atom is 0.246 e. The lowest BCUT2D eigenvalue weighted by molar-refractivity contribution is -0.127. The zero-order valence-electron chi connectivity index (χ0n) is 18.4. The first-order valence-electron chi connectivity index (χ1n) is 11.4. The van der Waals surface area contributed by atoms with Gasteiger partial charge in [0.1, 0.15) is 0 Å². The van der Waals surface area contributed by atoms with E-state index in [9.17, 15) is 9.90 Å². The van der Waals surface area contributed by atoms with Crippen LogP contribution < -0.4 is 0 Å². The highest BCUT2D eigenvalue weighted by Crippen LogP contribution is 2.31. The van der Waals surface area contributed by atoms with Crippen LogP contribution in [-0.4, -0.2) is 59.6 Å². The van der Waals surface area contributed by atoms with E-state index in [2.05, 4.69) is 30.2 Å². The minimum Gasteiger partial charge on any atom is -0.395 e. The monoisotopic (exact) mass is 442 g/mol. The number of likely N-dealkylation sites (tertiary alicyclic amines) is 2. The Labute approximate surface area is 191 Å². The summed E-state index contributed by atoms with van der Waals surface area (Å²) in [5.74, 6) is 1.18. The van der Waals surface area contributed by atoms with Crippen molar-refractivity contribution >= 4 is 17.5 Å². The second-order valence-electron chi connectivity index (χ2n) is 8.81. The van der Waals surface area contributed by atoms with Crippen molar-refractivity contribution in [2.45, 2.75) is 44.1 Å². The third kappa shape index (κ3) is 6.80. The van der Waals surface area contributed by atoms with E-state index in [0.29, 0.717) is 11.8 Å². The summed E-state index contributed by atoms with van der Waals surface area (Å²) >= 11 is 6.02. The largest absolute Gasteiger partial charge is 0.395 e. The van der Waals surface area contributed by atoms with E-state index in [1.54, 1.807) is 18.2 Å². The standard InChI is InChI=1S/C26H35ClN2O2/c1-3-20(2)4-9-26(31)29-14-10-21(11-15-29)18-25(19-30)28-16-12-23(13-17-28)22-5-7-24(27)8-6-22/h3-9,21,23,25,30H,1-2,10-19H2/b9-4+. The molecule has 0 aromatic heterocycles. The van der Waals surface area contributed by atoms with Gasteiger partial charge in [-0.15, -0.1) is 0 Å². The van der Waals surface area contributed by atoms with E-state index in [1.165, 1.54) is 5.56 Å². The minimum atomic E-state index is 0.0458. The molecule has 5 heteroatoms. The molecule has 168 valence electrons. The highest BCUT2D eigenvalue weighted by molar-refractivity contribution is 6.30. The average molecular weight is 443 g/mol. The van der Waals surface area contributed by atoms with Crippen LogP contribution in [0, 0.1) is 5.92 Å². The van der Waals surface area contributed by atoms with Crippen molar-refractivity contribution in [1.82, 2.24) is 9.80 Å². The molecule has 31 heavy (non-hydrogen) atoms. The maximum absolute atomic E-state index is 12.3. The van der Waals surface area contributed by atoms with Crippen LogP contribution in [0.4, 0.5) is 0 Å². The Morgan fingerprint density at radius 3 is 2.32 bits per heavy atom. The molecule has 0 bridgehead atoms. The van der Waals surface area contributed by atoms with E-state index in [1.807, 2.05) is 17.0 Å². The van der Waals surface area contributed by atoms with Gasteiger partial charge in [-0.25, -0.2) is 0 Å². The summed E-state index contributed by atoms with van der Waals surface area (Å²) in [4.78, 5) is 16.7. The van der Waals surface area contributed by atoms with Gasteiger partial charge in [-0.05, 0) is 80.3 Å². The van der Waals surface area contributed by atoms with Gasteiger partial charge in [0.15, 0.2) is 0 Å². The highest BCUT2D eigenvalue weighted by atomic mass is 35.5. The second-order valence-corrected chi connectivity index (χ2v) is 9.25. The number of hydrogen-bond acceptors (Lipinski definition) is 3. The summed E-state index contributed by atoms with van der Waals surface area (Å²) in [5.41, 5.74) is 2.11. The molecule has 1 amide bonds. The number of nitrogens with zero attached hydrogens (tertiary/aromatic N) is 2. The Morgan fingerprint density at radius 2 is 1.74 bits per heavy atom. The molecule has 1 atom stereocenters. The normalized spacial score (nSPS) is 20.1. The number of halogens is 1. The zero-order valence-corrected chi connectivity index (χ0v) is 19.1. The molecule has 0 radical (unpaired) electrons. The summed E-state index contributed by atoms with van der Waals surface area (Å²) in [7, 11) is 0. The Hall–Kier alpha value is -1.88. The fraction of sp³-hybridized carbons (Fsp3) is 0.500. The van der Waals surface area contributed by atoms with Crippen LogP contribution in [0.3, 0.4) is 0 Å². The third-order valence-corrected chi connectivity index (χ3v) is 7.08. The topological polar surface area (TPSA) is 43.8 Å². The number of carbonyl (C=O) groups excluding carboxylic acids is 1. The second kappa shape index (κ2) is 11.7. The zero-order chi connectivity index (χ0) is 22.2. The molecule has 2 heterocycles. The Bertz CT molecular complexity index is 773. The average Bonchev–Trinajstić information content (AvgIpc) is 2.81. The molecule has 2 aliphatic rings. The molecule has 0 spiro atoms. The SMILES string of the molecule is C=CC(=C)/C=C/C(=O)N1CCC(CC(CO)N2CCC(c3ccc(Cl)cc3)CC2)CC1. The summed E-state index contributed by atoms with van der Waals surface area (Å²) in [6.07, 6.45) is 10.2. The van der Waals surface area contributed by atoms with Crippen molar-refractivity contribution in [1.29, 1.82) is 0 Å². The molecule has 4 nitrogen and oxygen atoms in total. The maximum atomic E-state index is 12.3. The summed E-state index contributed by atoms with van der Waals surface area (Å²) in [6.45, 7) is 11.3. The van der Waals surface area contributed by atoms with E-state index in [0.717, 1.165) is 68.9 Å². The molecule has 1 unspecified atom stereocenters. The lowest BCUT2D eigenvalue weighted by atomic mass is 9.86. The van der Waals surface area contributed by atoms with Gasteiger partial charge in [-0.2, -0.15) is 0 Å². The van der Waals surface area contributed by atoms with Gasteiger partial charge < -0.3 is 10.0 Å². The van der Waals surface area contributed by atoms with E-state index in [4.69, 9.17) is 11.6 Å². The summed E-state index contributed by atoms with van der Waals surface area (Å²) in [5, 5.41) is 10.8. The van der Waals surface area contributed by atoms with Crippen molar-refractivity contribution < 1.29 is 9.90 Å². The van der Waals surface area contributed by atoms with Gasteiger partial charge in [0.25, 0.3) is 0 Å². The van der Waals surface area contributed by atoms with Crippen LogP contribution in [0.15, 0.2) is 61.2 Å². The number of amides is 1. The van der Waals surface area contributed by atoms with Gasteiger partial charge in [0.2, 0.25) is 5.91 Å². The molecule has 3 rings (SSSR count). The predicted octanol–water partition coefficient (Wildman–Crippen LogP) is 4.81. The molecular formula is C26H35ClN2O2. The van der Waals surface area contributed by atoms with Crippen molar-refractivity contribution in [3.05, 3.63) is 71.8 Å². The lowest BCUT2D eigenvalue weighted by Gasteiger charge is -2.40. The van der Waals surface area contributed by atoms with E-state index >= 15 is 0 Å². The fourth-order valence-electron chi connectivity index (χ4n) is 4.80. The molecule has 1 aromatic carbocycles. The van der Waals surface area contributed by atoms with Gasteiger partial charge in [-0.3, -0.25) is 9.69 Å². The quantitative estimate of drug-likeness (QED) is 0.464. The van der Waals surface area contributed by atoms with Crippen molar-refractivity contribution in [2.75, 3.05) is 32.8 Å². The van der Waals surface area contributed by atoms with Crippen molar-refractivity contribution in [3.63, 3.8) is 0 Å². The smallest absolute Gasteiger partial charge is 0.246 e. The molecular weight excluding hydrogens is 408 g/mol.